The van der Waals surface area contributed by atoms with Crippen LogP contribution in [0.5, 0.6) is 0 Å². The SMILES string of the molecule is C=CCn1c(SC(C)c2nc3ccccc3c(=O)[nH]2)nc2ccccc2c1=O. The number of hydrogen-bond donors (Lipinski definition) is 1. The second kappa shape index (κ2) is 7.44. The monoisotopic (exact) mass is 390 g/mol. The van der Waals surface area contributed by atoms with E-state index in [-0.39, 0.29) is 16.4 Å². The highest BCUT2D eigenvalue weighted by Gasteiger charge is 2.17. The van der Waals surface area contributed by atoms with Crippen molar-refractivity contribution in [2.45, 2.75) is 23.9 Å². The van der Waals surface area contributed by atoms with Crippen LogP contribution in [0.1, 0.15) is 18.0 Å². The van der Waals surface area contributed by atoms with Gasteiger partial charge in [-0.2, -0.15) is 0 Å². The smallest absolute Gasteiger partial charge is 0.262 e. The van der Waals surface area contributed by atoms with Crippen LogP contribution in [0.3, 0.4) is 0 Å². The Bertz CT molecular complexity index is 1310. The summed E-state index contributed by atoms with van der Waals surface area (Å²) in [5, 5.41) is 1.47. The van der Waals surface area contributed by atoms with Gasteiger partial charge < -0.3 is 4.98 Å². The van der Waals surface area contributed by atoms with Crippen LogP contribution in [0.25, 0.3) is 21.8 Å². The molecule has 1 N–H and O–H groups in total. The van der Waals surface area contributed by atoms with E-state index in [2.05, 4.69) is 21.5 Å². The Morgan fingerprint density at radius 3 is 2.43 bits per heavy atom. The van der Waals surface area contributed by atoms with E-state index in [4.69, 9.17) is 0 Å². The number of H-pyrrole nitrogens is 1. The van der Waals surface area contributed by atoms with E-state index in [1.165, 1.54) is 11.8 Å². The quantitative estimate of drug-likeness (QED) is 0.319. The molecule has 0 fully saturated rings. The minimum atomic E-state index is -0.207. The lowest BCUT2D eigenvalue weighted by Crippen LogP contribution is -2.23. The van der Waals surface area contributed by atoms with E-state index >= 15 is 0 Å². The minimum Gasteiger partial charge on any atom is -0.309 e. The van der Waals surface area contributed by atoms with Gasteiger partial charge in [-0.15, -0.1) is 6.58 Å². The average molecular weight is 390 g/mol. The number of hydrogen-bond acceptors (Lipinski definition) is 5. The maximum atomic E-state index is 12.9. The zero-order valence-electron chi connectivity index (χ0n) is 15.3. The minimum absolute atomic E-state index is 0.111. The predicted octanol–water partition coefficient (Wildman–Crippen LogP) is 3.67. The zero-order valence-corrected chi connectivity index (χ0v) is 16.1. The van der Waals surface area contributed by atoms with E-state index in [9.17, 15) is 9.59 Å². The van der Waals surface area contributed by atoms with Crippen molar-refractivity contribution in [1.82, 2.24) is 19.5 Å². The van der Waals surface area contributed by atoms with Crippen LogP contribution in [-0.4, -0.2) is 19.5 Å². The van der Waals surface area contributed by atoms with E-state index in [0.29, 0.717) is 39.3 Å². The summed E-state index contributed by atoms with van der Waals surface area (Å²) in [5.74, 6) is 0.543. The molecule has 2 aromatic heterocycles. The molecule has 0 saturated carbocycles. The fourth-order valence-corrected chi connectivity index (χ4v) is 4.01. The summed E-state index contributed by atoms with van der Waals surface area (Å²) < 4.78 is 1.59. The van der Waals surface area contributed by atoms with Gasteiger partial charge in [0, 0.05) is 6.54 Å². The summed E-state index contributed by atoms with van der Waals surface area (Å²) in [7, 11) is 0. The second-order valence-corrected chi connectivity index (χ2v) is 7.65. The van der Waals surface area contributed by atoms with Gasteiger partial charge in [-0.05, 0) is 31.2 Å². The first-order valence-corrected chi connectivity index (χ1v) is 9.72. The summed E-state index contributed by atoms with van der Waals surface area (Å²) in [6, 6.07) is 14.5. The Hall–Kier alpha value is -3.19. The number of nitrogens with zero attached hydrogens (tertiary/aromatic N) is 3. The van der Waals surface area contributed by atoms with Crippen molar-refractivity contribution in [3.05, 3.63) is 87.7 Å². The molecule has 1 unspecified atom stereocenters. The van der Waals surface area contributed by atoms with Gasteiger partial charge in [0.25, 0.3) is 11.1 Å². The molecule has 28 heavy (non-hydrogen) atoms. The second-order valence-electron chi connectivity index (χ2n) is 6.34. The molecule has 0 spiro atoms. The van der Waals surface area contributed by atoms with Crippen molar-refractivity contribution >= 4 is 33.6 Å². The normalized spacial score (nSPS) is 12.3. The molecule has 0 radical (unpaired) electrons. The van der Waals surface area contributed by atoms with E-state index in [1.807, 2.05) is 43.3 Å². The molecular weight excluding hydrogens is 372 g/mol. The molecule has 0 amide bonds. The molecule has 0 saturated heterocycles. The maximum Gasteiger partial charge on any atom is 0.262 e. The number of aromatic nitrogens is 4. The molecule has 0 bridgehead atoms. The lowest BCUT2D eigenvalue weighted by atomic mass is 10.2. The van der Waals surface area contributed by atoms with Gasteiger partial charge >= 0.3 is 0 Å². The Morgan fingerprint density at radius 2 is 1.71 bits per heavy atom. The number of nitrogens with one attached hydrogen (secondary N) is 1. The van der Waals surface area contributed by atoms with Crippen LogP contribution in [0, 0.1) is 0 Å². The molecule has 2 heterocycles. The van der Waals surface area contributed by atoms with Gasteiger partial charge in [0.05, 0.1) is 27.1 Å². The summed E-state index contributed by atoms with van der Waals surface area (Å²) in [4.78, 5) is 37.3. The van der Waals surface area contributed by atoms with Crippen LogP contribution < -0.4 is 11.1 Å². The number of thioether (sulfide) groups is 1. The Labute approximate surface area is 165 Å². The summed E-state index contributed by atoms with van der Waals surface area (Å²) in [6.07, 6.45) is 1.67. The van der Waals surface area contributed by atoms with E-state index in [1.54, 1.807) is 22.8 Å². The highest BCUT2D eigenvalue weighted by Crippen LogP contribution is 2.32. The van der Waals surface area contributed by atoms with Gasteiger partial charge in [0.1, 0.15) is 5.82 Å². The van der Waals surface area contributed by atoms with Gasteiger partial charge in [-0.3, -0.25) is 14.2 Å². The Balaban J connectivity index is 1.79. The van der Waals surface area contributed by atoms with Crippen molar-refractivity contribution in [2.24, 2.45) is 0 Å². The first-order valence-electron chi connectivity index (χ1n) is 8.84. The molecule has 2 aromatic carbocycles. The van der Waals surface area contributed by atoms with Crippen molar-refractivity contribution in [1.29, 1.82) is 0 Å². The van der Waals surface area contributed by atoms with Gasteiger partial charge in [-0.25, -0.2) is 9.97 Å². The summed E-state index contributed by atoms with van der Waals surface area (Å²) in [5.41, 5.74) is 0.995. The highest BCUT2D eigenvalue weighted by atomic mass is 32.2. The third-order valence-corrected chi connectivity index (χ3v) is 5.54. The van der Waals surface area contributed by atoms with Gasteiger partial charge in [-0.1, -0.05) is 42.1 Å². The van der Waals surface area contributed by atoms with Crippen molar-refractivity contribution in [2.75, 3.05) is 0 Å². The molecule has 4 aromatic rings. The molecular formula is C21H18N4O2S. The maximum absolute atomic E-state index is 12.9. The van der Waals surface area contributed by atoms with E-state index < -0.39 is 0 Å². The molecule has 0 aliphatic rings. The van der Waals surface area contributed by atoms with Crippen molar-refractivity contribution in [3.8, 4) is 0 Å². The van der Waals surface area contributed by atoms with Gasteiger partial charge in [0.15, 0.2) is 5.16 Å². The highest BCUT2D eigenvalue weighted by molar-refractivity contribution is 7.99. The van der Waals surface area contributed by atoms with Crippen molar-refractivity contribution in [3.63, 3.8) is 0 Å². The first kappa shape index (κ1) is 18.2. The van der Waals surface area contributed by atoms with Crippen LogP contribution in [0.4, 0.5) is 0 Å². The molecule has 7 heteroatoms. The molecule has 0 aliphatic carbocycles. The average Bonchev–Trinajstić information content (AvgIpc) is 2.71. The fraction of sp³-hybridized carbons (Fsp3) is 0.143. The largest absolute Gasteiger partial charge is 0.309 e. The van der Waals surface area contributed by atoms with Crippen molar-refractivity contribution < 1.29 is 0 Å². The lowest BCUT2D eigenvalue weighted by molar-refractivity contribution is 0.669. The van der Waals surface area contributed by atoms with Crippen LogP contribution >= 0.6 is 11.8 Å². The number of para-hydroxylation sites is 2. The van der Waals surface area contributed by atoms with Gasteiger partial charge in [0.2, 0.25) is 0 Å². The fourth-order valence-electron chi connectivity index (χ4n) is 3.04. The first-order chi connectivity index (χ1) is 13.6. The van der Waals surface area contributed by atoms with E-state index in [0.717, 1.165) is 0 Å². The predicted molar refractivity (Wildman–Crippen MR) is 113 cm³/mol. The summed E-state index contributed by atoms with van der Waals surface area (Å²) >= 11 is 1.38. The van der Waals surface area contributed by atoms with Crippen LogP contribution in [0.15, 0.2) is 75.9 Å². The molecule has 0 aliphatic heterocycles. The Morgan fingerprint density at radius 1 is 1.07 bits per heavy atom. The molecule has 6 nitrogen and oxygen atoms in total. The van der Waals surface area contributed by atoms with Crippen LogP contribution in [0.2, 0.25) is 0 Å². The third kappa shape index (κ3) is 3.25. The number of allylic oxidation sites excluding steroid dienone is 1. The molecule has 4 rings (SSSR count). The summed E-state index contributed by atoms with van der Waals surface area (Å²) in [6.45, 7) is 6.03. The Kier molecular flexibility index (Phi) is 4.83. The topological polar surface area (TPSA) is 80.6 Å². The number of aromatic amines is 1. The standard InChI is InChI=1S/C21H18N4O2S/c1-3-12-25-20(27)15-9-5-7-11-17(15)23-21(25)28-13(2)18-22-16-10-6-4-8-14(16)19(26)24-18/h3-11,13H,1,12H2,2H3,(H,22,24,26). The lowest BCUT2D eigenvalue weighted by Gasteiger charge is -2.15. The number of rotatable bonds is 5. The number of fused-ring (bicyclic) bond motifs is 2. The third-order valence-electron chi connectivity index (χ3n) is 4.44. The van der Waals surface area contributed by atoms with Crippen LogP contribution in [-0.2, 0) is 6.54 Å². The number of benzene rings is 2. The molecule has 140 valence electrons. The zero-order chi connectivity index (χ0) is 19.7. The molecule has 1 atom stereocenters.